The summed E-state index contributed by atoms with van der Waals surface area (Å²) in [7, 11) is 1.84. The molecular weight excluding hydrogens is 330 g/mol. The number of hydrogen-bond acceptors (Lipinski definition) is 5. The molecule has 0 saturated heterocycles. The molecular formula is C12H12BrN3O2S. The fraction of sp³-hybridized carbons (Fsp3) is 0.250. The minimum atomic E-state index is -0.365. The van der Waals surface area contributed by atoms with Gasteiger partial charge in [-0.25, -0.2) is 4.98 Å². The molecule has 0 unspecified atom stereocenters. The highest BCUT2D eigenvalue weighted by atomic mass is 79.9. The molecule has 1 heterocycles. The van der Waals surface area contributed by atoms with Gasteiger partial charge < -0.3 is 4.90 Å². The van der Waals surface area contributed by atoms with Crippen LogP contribution < -0.4 is 4.90 Å². The lowest BCUT2D eigenvalue weighted by atomic mass is 10.2. The Balaban J connectivity index is 2.31. The van der Waals surface area contributed by atoms with E-state index < -0.39 is 0 Å². The molecule has 0 bridgehead atoms. The number of benzene rings is 1. The molecule has 0 fully saturated rings. The van der Waals surface area contributed by atoms with E-state index in [1.165, 1.54) is 6.07 Å². The van der Waals surface area contributed by atoms with Crippen molar-refractivity contribution >= 4 is 38.6 Å². The Bertz CT molecular complexity index is 615. The fourth-order valence-corrected chi connectivity index (χ4v) is 2.92. The van der Waals surface area contributed by atoms with E-state index in [-0.39, 0.29) is 10.6 Å². The molecule has 1 aromatic carbocycles. The third-order valence-corrected chi connectivity index (χ3v) is 4.18. The smallest absolute Gasteiger partial charge is 0.293 e. The predicted octanol–water partition coefficient (Wildman–Crippen LogP) is 3.76. The summed E-state index contributed by atoms with van der Waals surface area (Å²) in [5.41, 5.74) is 3.45. The van der Waals surface area contributed by atoms with Gasteiger partial charge in [0.1, 0.15) is 5.69 Å². The number of aromatic nitrogens is 1. The Kier molecular flexibility index (Phi) is 4.16. The van der Waals surface area contributed by atoms with Gasteiger partial charge in [-0.15, -0.1) is 11.3 Å². The molecule has 19 heavy (non-hydrogen) atoms. The zero-order chi connectivity index (χ0) is 14.0. The van der Waals surface area contributed by atoms with E-state index >= 15 is 0 Å². The minimum absolute atomic E-state index is 0.0963. The number of nitrogens with zero attached hydrogens (tertiary/aromatic N) is 3. The largest absolute Gasteiger partial charge is 0.364 e. The molecule has 0 amide bonds. The Morgan fingerprint density at radius 3 is 2.84 bits per heavy atom. The average molecular weight is 342 g/mol. The summed E-state index contributed by atoms with van der Waals surface area (Å²) in [6, 6.07) is 5.07. The summed E-state index contributed by atoms with van der Waals surface area (Å²) < 4.78 is 0.699. The molecule has 0 aliphatic rings. The Labute approximate surface area is 123 Å². The van der Waals surface area contributed by atoms with Crippen molar-refractivity contribution in [2.45, 2.75) is 13.5 Å². The lowest BCUT2D eigenvalue weighted by Gasteiger charge is -2.18. The molecule has 5 nitrogen and oxygen atoms in total. The third-order valence-electron chi connectivity index (χ3n) is 2.77. The van der Waals surface area contributed by atoms with Gasteiger partial charge >= 0.3 is 0 Å². The monoisotopic (exact) mass is 341 g/mol. The summed E-state index contributed by atoms with van der Waals surface area (Å²) in [6.45, 7) is 2.55. The Morgan fingerprint density at radius 1 is 1.53 bits per heavy atom. The first-order valence-corrected chi connectivity index (χ1v) is 7.20. The van der Waals surface area contributed by atoms with Crippen LogP contribution in [-0.2, 0) is 6.54 Å². The quantitative estimate of drug-likeness (QED) is 0.627. The number of hydrogen-bond donors (Lipinski definition) is 0. The molecule has 0 N–H and O–H groups in total. The molecule has 2 rings (SSSR count). The number of aryl methyl sites for hydroxylation is 1. The van der Waals surface area contributed by atoms with Crippen molar-refractivity contribution in [3.8, 4) is 0 Å². The average Bonchev–Trinajstić information content (AvgIpc) is 2.74. The number of nitro benzene ring substituents is 1. The van der Waals surface area contributed by atoms with Gasteiger partial charge in [-0.3, -0.25) is 10.1 Å². The molecule has 2 aromatic rings. The molecule has 100 valence electrons. The van der Waals surface area contributed by atoms with Crippen LogP contribution in [0.15, 0.2) is 28.2 Å². The lowest BCUT2D eigenvalue weighted by Crippen LogP contribution is -2.17. The molecule has 0 aliphatic carbocycles. The number of nitro groups is 1. The zero-order valence-electron chi connectivity index (χ0n) is 10.5. The van der Waals surface area contributed by atoms with Gasteiger partial charge in [0.15, 0.2) is 0 Å². The number of rotatable bonds is 4. The van der Waals surface area contributed by atoms with Crippen LogP contribution in [-0.4, -0.2) is 17.0 Å². The van der Waals surface area contributed by atoms with Gasteiger partial charge in [-0.05, 0) is 19.1 Å². The Hall–Kier alpha value is -1.47. The first kappa shape index (κ1) is 14.0. The van der Waals surface area contributed by atoms with Gasteiger partial charge in [0.25, 0.3) is 5.69 Å². The summed E-state index contributed by atoms with van der Waals surface area (Å²) >= 11 is 4.81. The maximum absolute atomic E-state index is 11.1. The Morgan fingerprint density at radius 2 is 2.26 bits per heavy atom. The van der Waals surface area contributed by atoms with E-state index in [0.29, 0.717) is 16.7 Å². The lowest BCUT2D eigenvalue weighted by molar-refractivity contribution is -0.384. The summed E-state index contributed by atoms with van der Waals surface area (Å²) in [5, 5.41) is 11.1. The van der Waals surface area contributed by atoms with Crippen LogP contribution in [0.2, 0.25) is 0 Å². The number of halogens is 1. The van der Waals surface area contributed by atoms with Gasteiger partial charge in [0.2, 0.25) is 0 Å². The fourth-order valence-electron chi connectivity index (χ4n) is 1.74. The van der Waals surface area contributed by atoms with Crippen LogP contribution in [0.4, 0.5) is 11.4 Å². The van der Waals surface area contributed by atoms with Crippen LogP contribution in [0.25, 0.3) is 0 Å². The second-order valence-corrected chi connectivity index (χ2v) is 5.96. The molecule has 0 radical (unpaired) electrons. The van der Waals surface area contributed by atoms with Crippen LogP contribution in [0.3, 0.4) is 0 Å². The van der Waals surface area contributed by atoms with E-state index in [4.69, 9.17) is 0 Å². The highest BCUT2D eigenvalue weighted by molar-refractivity contribution is 9.10. The normalized spacial score (nSPS) is 10.5. The van der Waals surface area contributed by atoms with E-state index in [1.807, 2.05) is 18.9 Å². The van der Waals surface area contributed by atoms with Crippen LogP contribution in [0, 0.1) is 17.0 Å². The van der Waals surface area contributed by atoms with Crippen LogP contribution in [0.5, 0.6) is 0 Å². The van der Waals surface area contributed by atoms with Gasteiger partial charge in [-0.1, -0.05) is 15.9 Å². The van der Waals surface area contributed by atoms with Crippen LogP contribution in [0.1, 0.15) is 10.6 Å². The van der Waals surface area contributed by atoms with E-state index in [9.17, 15) is 10.1 Å². The standard InChI is InChI=1S/C12H12BrN3O2S/c1-8-12(19-7-14-8)6-15(2)10-4-3-9(13)5-11(10)16(17)18/h3-5,7H,6H2,1-2H3. The van der Waals surface area contributed by atoms with Crippen molar-refractivity contribution < 1.29 is 4.92 Å². The SMILES string of the molecule is Cc1ncsc1CN(C)c1ccc(Br)cc1[N+](=O)[O-]. The summed E-state index contributed by atoms with van der Waals surface area (Å²) in [6.07, 6.45) is 0. The van der Waals surface area contributed by atoms with Crippen molar-refractivity contribution in [2.24, 2.45) is 0 Å². The highest BCUT2D eigenvalue weighted by Gasteiger charge is 2.18. The predicted molar refractivity (Wildman–Crippen MR) is 79.8 cm³/mol. The number of thiazole rings is 1. The highest BCUT2D eigenvalue weighted by Crippen LogP contribution is 2.31. The third kappa shape index (κ3) is 3.10. The van der Waals surface area contributed by atoms with Crippen molar-refractivity contribution in [3.63, 3.8) is 0 Å². The molecule has 0 atom stereocenters. The van der Waals surface area contributed by atoms with Gasteiger partial charge in [-0.2, -0.15) is 0 Å². The summed E-state index contributed by atoms with van der Waals surface area (Å²) in [5.74, 6) is 0. The van der Waals surface area contributed by atoms with E-state index in [2.05, 4.69) is 20.9 Å². The zero-order valence-corrected chi connectivity index (χ0v) is 12.9. The van der Waals surface area contributed by atoms with Crippen LogP contribution >= 0.6 is 27.3 Å². The molecule has 0 aliphatic heterocycles. The van der Waals surface area contributed by atoms with Gasteiger partial charge in [0.05, 0.1) is 22.7 Å². The van der Waals surface area contributed by atoms with E-state index in [0.717, 1.165) is 10.6 Å². The van der Waals surface area contributed by atoms with E-state index in [1.54, 1.807) is 29.0 Å². The first-order valence-electron chi connectivity index (χ1n) is 5.53. The van der Waals surface area contributed by atoms with Crippen molar-refractivity contribution in [3.05, 3.63) is 48.9 Å². The minimum Gasteiger partial charge on any atom is -0.364 e. The molecule has 0 saturated carbocycles. The second kappa shape index (κ2) is 5.66. The maximum atomic E-state index is 11.1. The van der Waals surface area contributed by atoms with Gasteiger partial charge in [0, 0.05) is 22.5 Å². The number of anilines is 1. The topological polar surface area (TPSA) is 59.3 Å². The molecule has 0 spiro atoms. The van der Waals surface area contributed by atoms with Crippen molar-refractivity contribution in [1.82, 2.24) is 4.98 Å². The second-order valence-electron chi connectivity index (χ2n) is 4.11. The molecule has 7 heteroatoms. The molecule has 1 aromatic heterocycles. The van der Waals surface area contributed by atoms with Crippen molar-refractivity contribution in [1.29, 1.82) is 0 Å². The first-order chi connectivity index (χ1) is 8.99. The van der Waals surface area contributed by atoms with Crippen molar-refractivity contribution in [2.75, 3.05) is 11.9 Å². The maximum Gasteiger partial charge on any atom is 0.293 e. The summed E-state index contributed by atoms with van der Waals surface area (Å²) in [4.78, 5) is 17.9.